The average Bonchev–Trinajstić information content (AvgIpc) is 3.50. The maximum atomic E-state index is 14.0. The van der Waals surface area contributed by atoms with Crippen LogP contribution in [0.3, 0.4) is 0 Å². The number of anilines is 2. The van der Waals surface area contributed by atoms with Gasteiger partial charge in [0, 0.05) is 16.9 Å². The number of hydrogen-bond donors (Lipinski definition) is 1. The third kappa shape index (κ3) is 2.54. The molecule has 5 nitrogen and oxygen atoms in total. The normalized spacial score (nSPS) is 26.7. The molecule has 2 aromatic carbocycles. The third-order valence-electron chi connectivity index (χ3n) is 7.06. The summed E-state index contributed by atoms with van der Waals surface area (Å²) in [4.78, 5) is 43.4. The van der Waals surface area contributed by atoms with E-state index in [1.807, 2.05) is 40.6 Å². The number of fused-ring (bicyclic) bond motifs is 6. The number of nitrogens with zero attached hydrogens (tertiary/aromatic N) is 1. The number of rotatable bonds is 3. The molecule has 1 saturated heterocycles. The number of hydrogen-bond acceptors (Lipinski definition) is 5. The fourth-order valence-electron chi connectivity index (χ4n) is 5.88. The van der Waals surface area contributed by atoms with E-state index in [9.17, 15) is 18.8 Å². The van der Waals surface area contributed by atoms with Crippen LogP contribution in [0.5, 0.6) is 0 Å². The van der Waals surface area contributed by atoms with E-state index in [1.54, 1.807) is 24.3 Å². The molecule has 3 aromatic rings. The Labute approximate surface area is 193 Å². The Hall–Kier alpha value is -3.58. The van der Waals surface area contributed by atoms with E-state index >= 15 is 0 Å². The minimum Gasteiger partial charge on any atom is -0.352 e. The lowest BCUT2D eigenvalue weighted by atomic mass is 9.65. The molecule has 4 heterocycles. The Balaban J connectivity index is 1.67. The first-order valence-electron chi connectivity index (χ1n) is 10.7. The highest BCUT2D eigenvalue weighted by molar-refractivity contribution is 7.12. The van der Waals surface area contributed by atoms with Crippen molar-refractivity contribution < 1.29 is 18.8 Å². The van der Waals surface area contributed by atoms with Crippen LogP contribution in [0.25, 0.3) is 6.08 Å². The molecule has 0 radical (unpaired) electrons. The summed E-state index contributed by atoms with van der Waals surface area (Å²) in [5.74, 6) is -2.08. The second-order valence-corrected chi connectivity index (χ2v) is 9.61. The first-order chi connectivity index (χ1) is 15.9. The molecule has 0 aliphatic carbocycles. The van der Waals surface area contributed by atoms with Crippen molar-refractivity contribution in [2.45, 2.75) is 24.4 Å². The quantitative estimate of drug-likeness (QED) is 0.589. The van der Waals surface area contributed by atoms with Crippen molar-refractivity contribution in [2.75, 3.05) is 10.2 Å². The summed E-state index contributed by atoms with van der Waals surface area (Å²) in [6, 6.07) is 13.8. The van der Waals surface area contributed by atoms with Gasteiger partial charge in [-0.2, -0.15) is 0 Å². The monoisotopic (exact) mass is 458 g/mol. The Morgan fingerprint density at radius 2 is 1.94 bits per heavy atom. The van der Waals surface area contributed by atoms with Crippen molar-refractivity contribution in [3.63, 3.8) is 0 Å². The van der Waals surface area contributed by atoms with Gasteiger partial charge in [0.1, 0.15) is 11.2 Å². The Morgan fingerprint density at radius 3 is 2.70 bits per heavy atom. The third-order valence-corrected chi connectivity index (χ3v) is 7.94. The largest absolute Gasteiger partial charge is 0.352 e. The number of halogens is 1. The molecular formula is C26H19FN2O3S. The molecule has 1 N–H and O–H groups in total. The van der Waals surface area contributed by atoms with E-state index < -0.39 is 23.4 Å². The van der Waals surface area contributed by atoms with Crippen LogP contribution >= 0.6 is 11.3 Å². The molecule has 6 rings (SSSR count). The summed E-state index contributed by atoms with van der Waals surface area (Å²) in [5.41, 5.74) is 1.31. The molecule has 164 valence electrons. The zero-order chi connectivity index (χ0) is 22.9. The molecule has 7 heteroatoms. The van der Waals surface area contributed by atoms with Crippen molar-refractivity contribution in [3.05, 3.63) is 87.9 Å². The molecule has 33 heavy (non-hydrogen) atoms. The molecule has 0 saturated carbocycles. The predicted octanol–water partition coefficient (Wildman–Crippen LogP) is 4.45. The van der Waals surface area contributed by atoms with Crippen LogP contribution in [0.4, 0.5) is 15.8 Å². The van der Waals surface area contributed by atoms with E-state index in [4.69, 9.17) is 0 Å². The Bertz CT molecular complexity index is 1370. The minimum absolute atomic E-state index is 0.213. The maximum Gasteiger partial charge on any atom is 0.238 e. The number of amides is 1. The lowest BCUT2D eigenvalue weighted by Crippen LogP contribution is -2.51. The zero-order valence-corrected chi connectivity index (χ0v) is 18.4. The summed E-state index contributed by atoms with van der Waals surface area (Å²) in [5, 5.41) is 4.78. The van der Waals surface area contributed by atoms with Crippen molar-refractivity contribution in [2.24, 2.45) is 5.92 Å². The number of nitrogens with one attached hydrogen (secondary N) is 1. The number of carbonyl (C=O) groups excluding carboxylic acids is 3. The zero-order valence-electron chi connectivity index (χ0n) is 17.6. The highest BCUT2D eigenvalue weighted by Gasteiger charge is 2.69. The molecule has 1 amide bonds. The molecule has 1 fully saturated rings. The molecule has 4 atom stereocenters. The summed E-state index contributed by atoms with van der Waals surface area (Å²) in [7, 11) is 0. The lowest BCUT2D eigenvalue weighted by molar-refractivity contribution is -0.122. The van der Waals surface area contributed by atoms with Gasteiger partial charge in [0.15, 0.2) is 11.6 Å². The van der Waals surface area contributed by atoms with Gasteiger partial charge in [-0.3, -0.25) is 14.4 Å². The summed E-state index contributed by atoms with van der Waals surface area (Å²) >= 11 is 1.30. The van der Waals surface area contributed by atoms with Gasteiger partial charge in [-0.25, -0.2) is 4.39 Å². The van der Waals surface area contributed by atoms with Gasteiger partial charge in [0.2, 0.25) is 5.91 Å². The Morgan fingerprint density at radius 1 is 1.12 bits per heavy atom. The van der Waals surface area contributed by atoms with Crippen LogP contribution in [-0.2, 0) is 15.0 Å². The van der Waals surface area contributed by atoms with Crippen molar-refractivity contribution in [1.29, 1.82) is 0 Å². The van der Waals surface area contributed by atoms with Crippen molar-refractivity contribution in [1.82, 2.24) is 0 Å². The second-order valence-electron chi connectivity index (χ2n) is 8.66. The maximum absolute atomic E-state index is 14.0. The SMILES string of the molecule is CC(=O)[C@@H]1[C@H](C(=O)c2cccs2)[C@@]2(C(=O)Nc3ccccc32)[C@@H]2C=Cc3cc(F)ccc3N12. The molecule has 3 aliphatic rings. The van der Waals surface area contributed by atoms with E-state index in [0.717, 1.165) is 0 Å². The van der Waals surface area contributed by atoms with Crippen molar-refractivity contribution in [3.8, 4) is 0 Å². The number of Topliss-reactive ketones (excluding diaryl/α,β-unsaturated/α-hetero) is 2. The van der Waals surface area contributed by atoms with Crippen LogP contribution in [0.2, 0.25) is 0 Å². The van der Waals surface area contributed by atoms with Crippen molar-refractivity contribution >= 4 is 46.3 Å². The van der Waals surface area contributed by atoms with Crippen LogP contribution in [0, 0.1) is 11.7 Å². The highest BCUT2D eigenvalue weighted by Crippen LogP contribution is 2.57. The molecule has 0 unspecified atom stereocenters. The fraction of sp³-hybridized carbons (Fsp3) is 0.192. The number of ketones is 2. The van der Waals surface area contributed by atoms with Crippen LogP contribution < -0.4 is 10.2 Å². The second kappa shape index (κ2) is 6.96. The van der Waals surface area contributed by atoms with E-state index in [1.165, 1.54) is 30.4 Å². The highest BCUT2D eigenvalue weighted by atomic mass is 32.1. The lowest BCUT2D eigenvalue weighted by Gasteiger charge is -2.37. The van der Waals surface area contributed by atoms with Gasteiger partial charge in [-0.1, -0.05) is 36.4 Å². The number of thiophene rings is 1. The van der Waals surface area contributed by atoms with Crippen LogP contribution in [0.15, 0.2) is 66.1 Å². The van der Waals surface area contributed by atoms with Gasteiger partial charge < -0.3 is 10.2 Å². The summed E-state index contributed by atoms with van der Waals surface area (Å²) < 4.78 is 14.0. The average molecular weight is 459 g/mol. The number of benzene rings is 2. The molecular weight excluding hydrogens is 439 g/mol. The van der Waals surface area contributed by atoms with E-state index in [-0.39, 0.29) is 23.3 Å². The summed E-state index contributed by atoms with van der Waals surface area (Å²) in [6.45, 7) is 1.45. The number of para-hydroxylation sites is 1. The van der Waals surface area contributed by atoms with Gasteiger partial charge in [-0.05, 0) is 48.2 Å². The Kier molecular flexibility index (Phi) is 4.23. The number of carbonyl (C=O) groups is 3. The molecule has 3 aliphatic heterocycles. The predicted molar refractivity (Wildman–Crippen MR) is 125 cm³/mol. The molecule has 1 spiro atoms. The molecule has 0 bridgehead atoms. The van der Waals surface area contributed by atoms with E-state index in [0.29, 0.717) is 27.4 Å². The standard InChI is InChI=1S/C26H19FN2O3S/c1-14(30)23-22(24(31)20-7-4-12-33-20)26(17-5-2-3-6-18(17)28-25(26)32)21-11-8-15-13-16(27)9-10-19(15)29(21)23/h2-13,21-23H,1H3,(H,28,32)/t21-,22+,23+,26-/m0/s1. The summed E-state index contributed by atoms with van der Waals surface area (Å²) in [6.07, 6.45) is 3.62. The van der Waals surface area contributed by atoms with Gasteiger partial charge in [0.25, 0.3) is 0 Å². The van der Waals surface area contributed by atoms with Gasteiger partial charge >= 0.3 is 0 Å². The first-order valence-corrected chi connectivity index (χ1v) is 11.6. The van der Waals surface area contributed by atoms with Gasteiger partial charge in [0.05, 0.1) is 22.9 Å². The topological polar surface area (TPSA) is 66.5 Å². The fourth-order valence-corrected chi connectivity index (χ4v) is 6.58. The van der Waals surface area contributed by atoms with Gasteiger partial charge in [-0.15, -0.1) is 11.3 Å². The minimum atomic E-state index is -1.30. The molecule has 1 aromatic heterocycles. The first kappa shape index (κ1) is 20.1. The van der Waals surface area contributed by atoms with Crippen LogP contribution in [-0.4, -0.2) is 29.6 Å². The van der Waals surface area contributed by atoms with Crippen LogP contribution in [0.1, 0.15) is 27.7 Å². The van der Waals surface area contributed by atoms with E-state index in [2.05, 4.69) is 5.32 Å². The smallest absolute Gasteiger partial charge is 0.238 e.